The largest absolute Gasteiger partial charge is 0.480 e. The van der Waals surface area contributed by atoms with E-state index in [2.05, 4.69) is 5.32 Å². The van der Waals surface area contributed by atoms with Gasteiger partial charge in [-0.15, -0.1) is 0 Å². The van der Waals surface area contributed by atoms with Gasteiger partial charge in [-0.05, 0) is 31.2 Å². The molecule has 0 aromatic rings. The molecule has 1 rings (SSSR count). The van der Waals surface area contributed by atoms with Crippen LogP contribution in [0.2, 0.25) is 0 Å². The molecule has 0 heterocycles. The molecule has 0 aromatic heterocycles. The lowest BCUT2D eigenvalue weighted by Gasteiger charge is -2.40. The Morgan fingerprint density at radius 3 is 2.50 bits per heavy atom. The van der Waals surface area contributed by atoms with Crippen LogP contribution < -0.4 is 11.1 Å². The molecule has 0 aliphatic heterocycles. The Morgan fingerprint density at radius 1 is 1.44 bits per heavy atom. The summed E-state index contributed by atoms with van der Waals surface area (Å²) in [5, 5.41) is 11.7. The third kappa shape index (κ3) is 3.98. The van der Waals surface area contributed by atoms with E-state index in [0.29, 0.717) is 19.4 Å². The van der Waals surface area contributed by atoms with E-state index in [4.69, 9.17) is 10.8 Å². The topological polar surface area (TPSA) is 92.4 Å². The lowest BCUT2D eigenvalue weighted by Crippen LogP contribution is -2.46. The summed E-state index contributed by atoms with van der Waals surface area (Å²) in [5.41, 5.74) is 5.62. The van der Waals surface area contributed by atoms with Gasteiger partial charge in [0.2, 0.25) is 5.91 Å². The van der Waals surface area contributed by atoms with Crippen molar-refractivity contribution in [3.8, 4) is 0 Å². The molecule has 0 saturated heterocycles. The number of hydrogen-bond donors (Lipinski definition) is 3. The first-order chi connectivity index (χ1) is 8.53. The van der Waals surface area contributed by atoms with Crippen molar-refractivity contribution >= 4 is 11.9 Å². The summed E-state index contributed by atoms with van der Waals surface area (Å²) < 4.78 is 0. The third-order valence-corrected chi connectivity index (χ3v) is 3.86. The molecule has 1 aliphatic carbocycles. The molecule has 1 aliphatic rings. The fraction of sp³-hybridized carbons (Fsp3) is 0.846. The van der Waals surface area contributed by atoms with E-state index < -0.39 is 12.0 Å². The minimum Gasteiger partial charge on any atom is -0.480 e. The summed E-state index contributed by atoms with van der Waals surface area (Å²) in [6.45, 7) is 2.51. The molecule has 0 radical (unpaired) electrons. The highest BCUT2D eigenvalue weighted by molar-refractivity contribution is 5.83. The van der Waals surface area contributed by atoms with Crippen molar-refractivity contribution in [2.75, 3.05) is 6.54 Å². The van der Waals surface area contributed by atoms with Crippen molar-refractivity contribution in [1.29, 1.82) is 0 Å². The Labute approximate surface area is 108 Å². The summed E-state index contributed by atoms with van der Waals surface area (Å²) in [4.78, 5) is 22.9. The maximum atomic E-state index is 11.9. The highest BCUT2D eigenvalue weighted by Crippen LogP contribution is 2.42. The Balaban J connectivity index is 2.43. The van der Waals surface area contributed by atoms with Crippen LogP contribution in [0, 0.1) is 5.41 Å². The number of carboxylic acids is 1. The van der Waals surface area contributed by atoms with Gasteiger partial charge in [-0.3, -0.25) is 4.79 Å². The number of carbonyl (C=O) groups is 2. The van der Waals surface area contributed by atoms with E-state index >= 15 is 0 Å². The van der Waals surface area contributed by atoms with Gasteiger partial charge in [-0.1, -0.05) is 26.2 Å². The first kappa shape index (κ1) is 15.0. The van der Waals surface area contributed by atoms with Crippen LogP contribution in [0.25, 0.3) is 0 Å². The lowest BCUT2D eigenvalue weighted by molar-refractivity contribution is -0.142. The fourth-order valence-corrected chi connectivity index (χ4v) is 2.38. The lowest BCUT2D eigenvalue weighted by atomic mass is 9.66. The van der Waals surface area contributed by atoms with Crippen LogP contribution >= 0.6 is 0 Å². The highest BCUT2D eigenvalue weighted by atomic mass is 16.4. The molecule has 1 saturated carbocycles. The number of carboxylic acid groups (broad SMARTS) is 1. The van der Waals surface area contributed by atoms with Crippen molar-refractivity contribution in [1.82, 2.24) is 5.32 Å². The molecular formula is C13H24N2O3. The second kappa shape index (κ2) is 6.73. The van der Waals surface area contributed by atoms with Crippen LogP contribution in [-0.4, -0.2) is 29.6 Å². The number of hydrogen-bond acceptors (Lipinski definition) is 3. The first-order valence-electron chi connectivity index (χ1n) is 6.75. The molecule has 5 nitrogen and oxygen atoms in total. The predicted octanol–water partition coefficient (Wildman–Crippen LogP) is 1.27. The number of nitrogens with two attached hydrogens (primary N) is 1. The number of aliphatic carboxylic acids is 1. The summed E-state index contributed by atoms with van der Waals surface area (Å²) >= 11 is 0. The van der Waals surface area contributed by atoms with Gasteiger partial charge in [0.25, 0.3) is 0 Å². The quantitative estimate of drug-likeness (QED) is 0.609. The monoisotopic (exact) mass is 256 g/mol. The Morgan fingerprint density at radius 2 is 2.11 bits per heavy atom. The average Bonchev–Trinajstić information content (AvgIpc) is 2.28. The van der Waals surface area contributed by atoms with Gasteiger partial charge in [-0.2, -0.15) is 0 Å². The van der Waals surface area contributed by atoms with E-state index in [-0.39, 0.29) is 11.3 Å². The van der Waals surface area contributed by atoms with Gasteiger partial charge < -0.3 is 16.2 Å². The molecule has 1 fully saturated rings. The zero-order chi connectivity index (χ0) is 13.6. The van der Waals surface area contributed by atoms with Gasteiger partial charge in [0.15, 0.2) is 0 Å². The minimum atomic E-state index is -0.952. The number of amides is 1. The molecule has 1 atom stereocenters. The molecule has 5 heteroatoms. The number of unbranched alkanes of at least 4 members (excludes halogenated alkanes) is 1. The van der Waals surface area contributed by atoms with Crippen LogP contribution in [-0.2, 0) is 9.59 Å². The van der Waals surface area contributed by atoms with E-state index in [1.807, 2.05) is 6.92 Å². The van der Waals surface area contributed by atoms with E-state index in [1.165, 1.54) is 0 Å². The Hall–Kier alpha value is -1.10. The molecule has 1 amide bonds. The highest BCUT2D eigenvalue weighted by Gasteiger charge is 2.38. The van der Waals surface area contributed by atoms with Crippen LogP contribution in [0.1, 0.15) is 51.9 Å². The fourth-order valence-electron chi connectivity index (χ4n) is 2.38. The smallest absolute Gasteiger partial charge is 0.326 e. The van der Waals surface area contributed by atoms with Crippen molar-refractivity contribution in [2.24, 2.45) is 11.1 Å². The summed E-state index contributed by atoms with van der Waals surface area (Å²) in [5.74, 6) is -1.13. The van der Waals surface area contributed by atoms with Crippen molar-refractivity contribution < 1.29 is 14.7 Å². The SMILES string of the molecule is CCCC[C@H](NC(=O)CC1(CN)CCC1)C(=O)O. The molecule has 104 valence electrons. The van der Waals surface area contributed by atoms with Crippen molar-refractivity contribution in [3.63, 3.8) is 0 Å². The van der Waals surface area contributed by atoms with E-state index in [0.717, 1.165) is 32.1 Å². The zero-order valence-corrected chi connectivity index (χ0v) is 11.1. The minimum absolute atomic E-state index is 0.0715. The maximum Gasteiger partial charge on any atom is 0.326 e. The standard InChI is InChI=1S/C13H24N2O3/c1-2-3-5-10(12(17)18)15-11(16)8-13(9-14)6-4-7-13/h10H,2-9,14H2,1H3,(H,15,16)(H,17,18)/t10-/m0/s1. The second-order valence-electron chi connectivity index (χ2n) is 5.34. The zero-order valence-electron chi connectivity index (χ0n) is 11.1. The molecule has 0 unspecified atom stereocenters. The Kier molecular flexibility index (Phi) is 5.59. The van der Waals surface area contributed by atoms with Crippen molar-refractivity contribution in [3.05, 3.63) is 0 Å². The molecule has 18 heavy (non-hydrogen) atoms. The van der Waals surface area contributed by atoms with Crippen LogP contribution in [0.15, 0.2) is 0 Å². The van der Waals surface area contributed by atoms with Gasteiger partial charge in [0.1, 0.15) is 6.04 Å². The van der Waals surface area contributed by atoms with Crippen molar-refractivity contribution in [2.45, 2.75) is 57.9 Å². The third-order valence-electron chi connectivity index (χ3n) is 3.86. The average molecular weight is 256 g/mol. The normalized spacial score (nSPS) is 18.8. The maximum absolute atomic E-state index is 11.9. The van der Waals surface area contributed by atoms with E-state index in [9.17, 15) is 9.59 Å². The summed E-state index contributed by atoms with van der Waals surface area (Å²) in [7, 11) is 0. The molecule has 0 spiro atoms. The summed E-state index contributed by atoms with van der Waals surface area (Å²) in [6.07, 6.45) is 5.65. The number of nitrogens with one attached hydrogen (secondary N) is 1. The van der Waals surface area contributed by atoms with E-state index in [1.54, 1.807) is 0 Å². The van der Waals surface area contributed by atoms with Gasteiger partial charge in [-0.25, -0.2) is 4.79 Å². The van der Waals surface area contributed by atoms with Gasteiger partial charge >= 0.3 is 5.97 Å². The van der Waals surface area contributed by atoms with Gasteiger partial charge in [0.05, 0.1) is 0 Å². The molecular weight excluding hydrogens is 232 g/mol. The summed E-state index contributed by atoms with van der Waals surface area (Å²) in [6, 6.07) is -0.757. The second-order valence-corrected chi connectivity index (χ2v) is 5.34. The first-order valence-corrected chi connectivity index (χ1v) is 6.75. The van der Waals surface area contributed by atoms with Crippen LogP contribution in [0.4, 0.5) is 0 Å². The van der Waals surface area contributed by atoms with Crippen LogP contribution in [0.3, 0.4) is 0 Å². The Bertz CT molecular complexity index is 295. The molecule has 0 aromatic carbocycles. The number of carbonyl (C=O) groups excluding carboxylic acids is 1. The van der Waals surface area contributed by atoms with Gasteiger partial charge in [0, 0.05) is 6.42 Å². The predicted molar refractivity (Wildman–Crippen MR) is 69.0 cm³/mol. The number of rotatable bonds is 8. The molecule has 0 bridgehead atoms. The van der Waals surface area contributed by atoms with Crippen LogP contribution in [0.5, 0.6) is 0 Å². The molecule has 4 N–H and O–H groups in total.